The molecule has 2 unspecified atom stereocenters. The van der Waals surface area contributed by atoms with Crippen molar-refractivity contribution in [2.24, 2.45) is 10.9 Å². The Bertz CT molecular complexity index is 2730. The number of Topliss-reactive ketones (excluding diaryl/α,β-unsaturated/α-hetero) is 6. The monoisotopic (exact) mass is 965 g/mol. The Morgan fingerprint density at radius 3 is 1.63 bits per heavy atom. The van der Waals surface area contributed by atoms with Crippen molar-refractivity contribution in [1.29, 1.82) is 0 Å². The van der Waals surface area contributed by atoms with Gasteiger partial charge in [-0.15, -0.1) is 0 Å². The minimum Gasteiger partial charge on any atom is -0.511 e. The zero-order chi connectivity index (χ0) is 50.6. The number of carbonyl (C=O) groups excluding carboxylic acids is 9. The highest BCUT2D eigenvalue weighted by Crippen LogP contribution is 2.38. The number of nitrogens with one attached hydrogen (secondary N) is 1. The first-order valence-corrected chi connectivity index (χ1v) is 23.6. The predicted octanol–water partition coefficient (Wildman–Crippen LogP) is 9.26. The number of allylic oxidation sites excluding steroid dienone is 3. The van der Waals surface area contributed by atoms with Gasteiger partial charge < -0.3 is 15.3 Å². The van der Waals surface area contributed by atoms with Crippen molar-refractivity contribution >= 4 is 74.8 Å². The van der Waals surface area contributed by atoms with Crippen molar-refractivity contribution in [1.82, 2.24) is 10.2 Å². The SMILES string of the molecule is C=C1CCC(N2Cc3c(N=C(C)C4=C(O)CC(c5ccccc5)CC4=O)cccc3C2=O)C(=O)N1.CC(=O)C1C(=O)CC(c2ccccc2)CC1=O.CC(=O)Cl.O=C1CC(=O)CC(c2ccccc2)C1. The van der Waals surface area contributed by atoms with Gasteiger partial charge in [-0.3, -0.25) is 48.1 Å². The lowest BCUT2D eigenvalue weighted by atomic mass is 9.76. The van der Waals surface area contributed by atoms with Crippen molar-refractivity contribution in [2.75, 3.05) is 0 Å². The van der Waals surface area contributed by atoms with Gasteiger partial charge in [0, 0.05) is 68.8 Å². The number of fused-ring (bicyclic) bond motifs is 1. The van der Waals surface area contributed by atoms with E-state index in [-0.39, 0.29) is 93.8 Å². The van der Waals surface area contributed by atoms with Crippen LogP contribution >= 0.6 is 11.6 Å². The summed E-state index contributed by atoms with van der Waals surface area (Å²) in [6.07, 6.45) is 3.60. The molecule has 362 valence electrons. The van der Waals surface area contributed by atoms with Crippen LogP contribution in [0.25, 0.3) is 0 Å². The quantitative estimate of drug-likeness (QED) is 0.102. The Kier molecular flexibility index (Phi) is 17.8. The van der Waals surface area contributed by atoms with Crippen LogP contribution in [0, 0.1) is 5.92 Å². The molecule has 0 bridgehead atoms. The molecule has 0 aromatic heterocycles. The number of aliphatic hydroxyl groups is 1. The largest absolute Gasteiger partial charge is 0.511 e. The molecule has 2 N–H and O–H groups in total. The number of ketones is 6. The molecular formula is C56H56ClN3O10. The molecule has 5 aliphatic rings. The van der Waals surface area contributed by atoms with Gasteiger partial charge >= 0.3 is 0 Å². The number of hydrogen-bond donors (Lipinski definition) is 2. The molecule has 13 nitrogen and oxygen atoms in total. The molecule has 4 aromatic carbocycles. The highest BCUT2D eigenvalue weighted by atomic mass is 35.5. The first kappa shape index (κ1) is 52.1. The van der Waals surface area contributed by atoms with E-state index in [0.29, 0.717) is 74.0 Å². The molecule has 0 spiro atoms. The van der Waals surface area contributed by atoms with Gasteiger partial charge in [0.15, 0.2) is 17.3 Å². The van der Waals surface area contributed by atoms with Crippen molar-refractivity contribution in [3.05, 3.63) is 161 Å². The van der Waals surface area contributed by atoms with Crippen LogP contribution in [-0.4, -0.2) is 73.5 Å². The number of piperidine rings is 1. The van der Waals surface area contributed by atoms with Crippen molar-refractivity contribution in [2.45, 2.75) is 109 Å². The summed E-state index contributed by atoms with van der Waals surface area (Å²) in [6.45, 7) is 8.38. The molecule has 2 atom stereocenters. The van der Waals surface area contributed by atoms with Crippen molar-refractivity contribution in [3.63, 3.8) is 0 Å². The molecule has 0 radical (unpaired) electrons. The normalized spacial score (nSPS) is 21.6. The number of benzene rings is 4. The lowest BCUT2D eigenvalue weighted by molar-refractivity contribution is -0.142. The van der Waals surface area contributed by atoms with E-state index < -0.39 is 12.0 Å². The van der Waals surface area contributed by atoms with Gasteiger partial charge in [-0.2, -0.15) is 0 Å². The fourth-order valence-corrected chi connectivity index (χ4v) is 9.59. The van der Waals surface area contributed by atoms with Crippen LogP contribution in [0.2, 0.25) is 0 Å². The molecule has 1 saturated heterocycles. The van der Waals surface area contributed by atoms with Crippen molar-refractivity contribution < 1.29 is 48.3 Å². The lowest BCUT2D eigenvalue weighted by Gasteiger charge is -2.31. The summed E-state index contributed by atoms with van der Waals surface area (Å²) in [5.74, 6) is -2.18. The van der Waals surface area contributed by atoms with Crippen LogP contribution in [0.4, 0.5) is 5.69 Å². The summed E-state index contributed by atoms with van der Waals surface area (Å²) in [5, 5.41) is 13.2. The summed E-state index contributed by atoms with van der Waals surface area (Å²) in [5.41, 5.74) is 6.26. The number of nitrogens with zero attached hydrogens (tertiary/aromatic N) is 2. The number of halogens is 1. The molecule has 9 rings (SSSR count). The van der Waals surface area contributed by atoms with E-state index in [4.69, 9.17) is 0 Å². The first-order valence-electron chi connectivity index (χ1n) is 23.2. The van der Waals surface area contributed by atoms with Crippen LogP contribution in [0.1, 0.15) is 129 Å². The smallest absolute Gasteiger partial charge is 0.255 e. The highest BCUT2D eigenvalue weighted by molar-refractivity contribution is 6.62. The standard InChI is InChI=1S/C28H27N3O4.C14H14O3.C12H12O2.C2H3ClO/c1-16-11-12-23(27(34)29-16)31-15-21-20(28(31)35)9-6-10-22(21)30-17(2)26-24(32)13-19(14-25(26)33)18-7-4-3-5-8-18;1-9(15)14-12(16)7-11(8-13(14)17)10-5-3-2-4-6-10;13-11-6-10(7-12(14)8-11)9-4-2-1-3-5-9;1-2(3)4/h3-10,19,23,32H,1,11-15H2,2H3,(H,29,34);2-6,11,14H,7-8H2,1H3;1-5,10H,6-8H2;1H3. The predicted molar refractivity (Wildman–Crippen MR) is 265 cm³/mol. The van der Waals surface area contributed by atoms with E-state index in [1.165, 1.54) is 13.8 Å². The molecule has 3 fully saturated rings. The molecule has 4 aromatic rings. The summed E-state index contributed by atoms with van der Waals surface area (Å²) in [7, 11) is 0. The summed E-state index contributed by atoms with van der Waals surface area (Å²) in [6, 6.07) is 33.7. The number of carbonyl (C=O) groups is 9. The zero-order valence-corrected chi connectivity index (χ0v) is 40.2. The van der Waals surface area contributed by atoms with E-state index in [2.05, 4.69) is 28.5 Å². The van der Waals surface area contributed by atoms with Crippen LogP contribution in [0.15, 0.2) is 138 Å². The van der Waals surface area contributed by atoms with Crippen LogP contribution in [0.5, 0.6) is 0 Å². The maximum atomic E-state index is 13.1. The van der Waals surface area contributed by atoms with Gasteiger partial charge in [0.2, 0.25) is 11.1 Å². The summed E-state index contributed by atoms with van der Waals surface area (Å²) < 4.78 is 0. The van der Waals surface area contributed by atoms with E-state index in [1.54, 1.807) is 30.0 Å². The number of hydrogen-bond acceptors (Lipinski definition) is 11. The van der Waals surface area contributed by atoms with Crippen LogP contribution in [-0.2, 0) is 44.9 Å². The molecule has 2 heterocycles. The Morgan fingerprint density at radius 2 is 1.16 bits per heavy atom. The van der Waals surface area contributed by atoms with Crippen molar-refractivity contribution in [3.8, 4) is 0 Å². The topological polar surface area (TPSA) is 201 Å². The number of rotatable bonds is 7. The van der Waals surface area contributed by atoms with E-state index in [0.717, 1.165) is 22.3 Å². The fourth-order valence-electron chi connectivity index (χ4n) is 9.59. The van der Waals surface area contributed by atoms with Gasteiger partial charge in [0.25, 0.3) is 5.91 Å². The van der Waals surface area contributed by atoms with E-state index in [9.17, 15) is 48.3 Å². The minimum atomic E-state index is -1.00. The number of aliphatic hydroxyl groups excluding tert-OH is 1. The van der Waals surface area contributed by atoms with Crippen LogP contribution < -0.4 is 5.32 Å². The fraction of sp³-hybridized carbons (Fsp3) is 0.321. The zero-order valence-electron chi connectivity index (χ0n) is 39.5. The van der Waals surface area contributed by atoms with Gasteiger partial charge in [-0.25, -0.2) is 0 Å². The minimum absolute atomic E-state index is 0.0424. The molecule has 2 amide bonds. The molecule has 3 aliphatic carbocycles. The Morgan fingerprint density at radius 1 is 0.671 bits per heavy atom. The molecule has 2 saturated carbocycles. The Balaban J connectivity index is 0.000000189. The van der Waals surface area contributed by atoms with Gasteiger partial charge in [0.05, 0.1) is 23.4 Å². The highest BCUT2D eigenvalue weighted by Gasteiger charge is 2.40. The second-order valence-electron chi connectivity index (χ2n) is 18.1. The molecular weight excluding hydrogens is 910 g/mol. The summed E-state index contributed by atoms with van der Waals surface area (Å²) >= 11 is 4.64. The number of amides is 2. The average molecular weight is 967 g/mol. The maximum absolute atomic E-state index is 13.1. The summed E-state index contributed by atoms with van der Waals surface area (Å²) in [4.78, 5) is 111. The van der Waals surface area contributed by atoms with E-state index in [1.807, 2.05) is 91.0 Å². The van der Waals surface area contributed by atoms with Gasteiger partial charge in [-0.1, -0.05) is 104 Å². The van der Waals surface area contributed by atoms with E-state index >= 15 is 0 Å². The maximum Gasteiger partial charge on any atom is 0.255 e. The average Bonchev–Trinajstić information content (AvgIpc) is 3.65. The first-order chi connectivity index (χ1) is 33.4. The Labute approximate surface area is 412 Å². The number of aliphatic imine (C=N–C) groups is 1. The second kappa shape index (κ2) is 23.9. The molecule has 70 heavy (non-hydrogen) atoms. The third kappa shape index (κ3) is 13.3. The molecule has 14 heteroatoms. The third-order valence-corrected chi connectivity index (χ3v) is 12.9. The Hall–Kier alpha value is -7.25. The molecule has 2 aliphatic heterocycles. The third-order valence-electron chi connectivity index (χ3n) is 12.9. The lowest BCUT2D eigenvalue weighted by Crippen LogP contribution is -2.49. The van der Waals surface area contributed by atoms with Gasteiger partial charge in [0.1, 0.15) is 35.1 Å². The van der Waals surface area contributed by atoms with Gasteiger partial charge in [-0.05, 0) is 84.9 Å². The van der Waals surface area contributed by atoms with Crippen LogP contribution in [0.3, 0.4) is 0 Å². The second-order valence-corrected chi connectivity index (χ2v) is 18.6.